The minimum Gasteiger partial charge on any atom is -0.349 e. The summed E-state index contributed by atoms with van der Waals surface area (Å²) in [5.74, 6) is -0.509. The Balaban J connectivity index is 1.63. The first-order valence-electron chi connectivity index (χ1n) is 8.63. The molecule has 0 aliphatic heterocycles. The summed E-state index contributed by atoms with van der Waals surface area (Å²) in [7, 11) is 0. The molecule has 0 saturated heterocycles. The molecule has 0 radical (unpaired) electrons. The summed E-state index contributed by atoms with van der Waals surface area (Å²) in [4.78, 5) is 24.0. The van der Waals surface area contributed by atoms with Crippen molar-refractivity contribution in [1.29, 1.82) is 0 Å². The highest BCUT2D eigenvalue weighted by atomic mass is 35.5. The van der Waals surface area contributed by atoms with Gasteiger partial charge in [0.2, 0.25) is 5.91 Å². The van der Waals surface area contributed by atoms with E-state index in [1.807, 2.05) is 37.3 Å². The van der Waals surface area contributed by atoms with Gasteiger partial charge in [0.1, 0.15) is 12.2 Å². The first-order chi connectivity index (χ1) is 13.6. The largest absolute Gasteiger partial charge is 0.349 e. The molecule has 0 aliphatic carbocycles. The summed E-state index contributed by atoms with van der Waals surface area (Å²) in [6.07, 6.45) is 1.44. The minimum atomic E-state index is -0.224. The Bertz CT molecular complexity index is 943. The van der Waals surface area contributed by atoms with Crippen LogP contribution in [0.2, 0.25) is 0 Å². The topological polar surface area (TPSA) is 102 Å². The maximum atomic E-state index is 12.6. The molecule has 144 valence electrons. The molecule has 3 rings (SSSR count). The zero-order valence-corrected chi connectivity index (χ0v) is 15.9. The van der Waals surface area contributed by atoms with Gasteiger partial charge in [0.25, 0.3) is 5.91 Å². The molecule has 0 saturated carbocycles. The van der Waals surface area contributed by atoms with Gasteiger partial charge < -0.3 is 10.6 Å². The molecule has 1 aromatic heterocycles. The minimum absolute atomic E-state index is 0.0689. The number of aromatic nitrogens is 4. The van der Waals surface area contributed by atoms with Gasteiger partial charge in [-0.05, 0) is 40.6 Å². The van der Waals surface area contributed by atoms with Gasteiger partial charge in [0, 0.05) is 6.54 Å². The van der Waals surface area contributed by atoms with Crippen LogP contribution in [0.3, 0.4) is 0 Å². The molecule has 2 N–H and O–H groups in total. The van der Waals surface area contributed by atoms with E-state index in [4.69, 9.17) is 11.6 Å². The van der Waals surface area contributed by atoms with Crippen LogP contribution in [0, 0.1) is 0 Å². The fourth-order valence-corrected chi connectivity index (χ4v) is 2.78. The van der Waals surface area contributed by atoms with E-state index in [0.717, 1.165) is 11.1 Å². The van der Waals surface area contributed by atoms with Gasteiger partial charge in [-0.2, -0.15) is 4.68 Å². The van der Waals surface area contributed by atoms with Crippen LogP contribution in [0.1, 0.15) is 34.5 Å². The van der Waals surface area contributed by atoms with Crippen LogP contribution < -0.4 is 10.6 Å². The van der Waals surface area contributed by atoms with E-state index in [9.17, 15) is 9.59 Å². The Morgan fingerprint density at radius 2 is 1.89 bits per heavy atom. The van der Waals surface area contributed by atoms with Crippen molar-refractivity contribution in [2.45, 2.75) is 19.5 Å². The number of tetrazole rings is 1. The van der Waals surface area contributed by atoms with Gasteiger partial charge in [-0.1, -0.05) is 36.4 Å². The SMILES string of the molecule is CC(NC(=O)CCl)c1ccc(CNC(=O)c2ccccc2-n2cnnn2)cc1. The van der Waals surface area contributed by atoms with E-state index in [-0.39, 0.29) is 23.7 Å². The lowest BCUT2D eigenvalue weighted by molar-refractivity contribution is -0.119. The quantitative estimate of drug-likeness (QED) is 0.593. The average molecular weight is 399 g/mol. The van der Waals surface area contributed by atoms with Crippen LogP contribution in [0.5, 0.6) is 0 Å². The number of rotatable bonds is 7. The van der Waals surface area contributed by atoms with E-state index in [2.05, 4.69) is 26.2 Å². The first kappa shape index (κ1) is 19.5. The highest BCUT2D eigenvalue weighted by Crippen LogP contribution is 2.15. The molecule has 0 aliphatic rings. The number of nitrogens with zero attached hydrogens (tertiary/aromatic N) is 4. The number of halogens is 1. The molecule has 3 aromatic rings. The van der Waals surface area contributed by atoms with Crippen molar-refractivity contribution in [3.63, 3.8) is 0 Å². The lowest BCUT2D eigenvalue weighted by atomic mass is 10.1. The fourth-order valence-electron chi connectivity index (χ4n) is 2.70. The normalized spacial score (nSPS) is 11.6. The molecule has 28 heavy (non-hydrogen) atoms. The molecule has 1 heterocycles. The molecule has 2 aromatic carbocycles. The number of benzene rings is 2. The Hall–Kier alpha value is -3.26. The standard InChI is InChI=1S/C19H19ClN6O2/c1-13(23-18(27)10-20)15-8-6-14(7-9-15)11-21-19(28)16-4-2-3-5-17(16)26-12-22-24-25-26/h2-9,12-13H,10-11H2,1H3,(H,21,28)(H,23,27). The Morgan fingerprint density at radius 1 is 1.14 bits per heavy atom. The summed E-state index contributed by atoms with van der Waals surface area (Å²) in [5.41, 5.74) is 2.97. The van der Waals surface area contributed by atoms with Crippen LogP contribution in [0.15, 0.2) is 54.9 Å². The van der Waals surface area contributed by atoms with Crippen molar-refractivity contribution in [1.82, 2.24) is 30.8 Å². The molecule has 0 fully saturated rings. The van der Waals surface area contributed by atoms with Gasteiger partial charge in [-0.15, -0.1) is 16.7 Å². The Morgan fingerprint density at radius 3 is 2.57 bits per heavy atom. The van der Waals surface area contributed by atoms with Gasteiger partial charge in [-0.3, -0.25) is 9.59 Å². The van der Waals surface area contributed by atoms with Crippen LogP contribution >= 0.6 is 11.6 Å². The Labute approximate surface area is 166 Å². The maximum absolute atomic E-state index is 12.6. The predicted molar refractivity (Wildman–Crippen MR) is 104 cm³/mol. The third kappa shape index (κ3) is 4.72. The molecule has 8 nitrogen and oxygen atoms in total. The average Bonchev–Trinajstić information content (AvgIpc) is 3.27. The number of hydrogen-bond donors (Lipinski definition) is 2. The molecule has 1 atom stereocenters. The van der Waals surface area contributed by atoms with Gasteiger partial charge in [-0.25, -0.2) is 0 Å². The maximum Gasteiger partial charge on any atom is 0.253 e. The predicted octanol–water partition coefficient (Wildman–Crippen LogP) is 2.01. The van der Waals surface area contributed by atoms with Crippen LogP contribution in [0.25, 0.3) is 5.69 Å². The number of alkyl halides is 1. The smallest absolute Gasteiger partial charge is 0.253 e. The zero-order valence-electron chi connectivity index (χ0n) is 15.2. The molecular formula is C19H19ClN6O2. The summed E-state index contributed by atoms with van der Waals surface area (Å²) in [6.45, 7) is 2.25. The number of para-hydroxylation sites is 1. The molecule has 2 amide bonds. The summed E-state index contributed by atoms with van der Waals surface area (Å²) < 4.78 is 1.44. The number of carbonyl (C=O) groups excluding carboxylic acids is 2. The second-order valence-corrected chi connectivity index (χ2v) is 6.39. The molecule has 9 heteroatoms. The number of carbonyl (C=O) groups is 2. The van der Waals surface area contributed by atoms with E-state index < -0.39 is 0 Å². The van der Waals surface area contributed by atoms with Crippen LogP contribution in [0.4, 0.5) is 0 Å². The van der Waals surface area contributed by atoms with E-state index in [1.165, 1.54) is 11.0 Å². The van der Waals surface area contributed by atoms with Gasteiger partial charge >= 0.3 is 0 Å². The number of nitrogens with one attached hydrogen (secondary N) is 2. The zero-order chi connectivity index (χ0) is 19.9. The molecule has 0 spiro atoms. The van der Waals surface area contributed by atoms with Crippen molar-refractivity contribution in [2.75, 3.05) is 5.88 Å². The second kappa shape index (κ2) is 9.09. The highest BCUT2D eigenvalue weighted by Gasteiger charge is 2.13. The third-order valence-corrected chi connectivity index (χ3v) is 4.42. The highest BCUT2D eigenvalue weighted by molar-refractivity contribution is 6.27. The molecular weight excluding hydrogens is 380 g/mol. The van der Waals surface area contributed by atoms with Crippen LogP contribution in [-0.2, 0) is 11.3 Å². The van der Waals surface area contributed by atoms with Crippen molar-refractivity contribution >= 4 is 23.4 Å². The molecule has 1 unspecified atom stereocenters. The van der Waals surface area contributed by atoms with Crippen molar-refractivity contribution in [2.24, 2.45) is 0 Å². The van der Waals surface area contributed by atoms with Gasteiger partial charge in [0.05, 0.1) is 17.3 Å². The summed E-state index contributed by atoms with van der Waals surface area (Å²) in [5, 5.41) is 16.7. The number of amides is 2. The lowest BCUT2D eigenvalue weighted by Crippen LogP contribution is -2.27. The summed E-state index contributed by atoms with van der Waals surface area (Å²) in [6, 6.07) is 14.6. The number of hydrogen-bond acceptors (Lipinski definition) is 5. The van der Waals surface area contributed by atoms with Crippen molar-refractivity contribution in [3.8, 4) is 5.69 Å². The second-order valence-electron chi connectivity index (χ2n) is 6.12. The monoisotopic (exact) mass is 398 g/mol. The van der Waals surface area contributed by atoms with Crippen LogP contribution in [-0.4, -0.2) is 37.9 Å². The molecule has 0 bridgehead atoms. The fraction of sp³-hybridized carbons (Fsp3) is 0.211. The first-order valence-corrected chi connectivity index (χ1v) is 9.16. The summed E-state index contributed by atoms with van der Waals surface area (Å²) >= 11 is 5.51. The Kier molecular flexibility index (Phi) is 6.33. The lowest BCUT2D eigenvalue weighted by Gasteiger charge is -2.14. The van der Waals surface area contributed by atoms with E-state index in [0.29, 0.717) is 17.8 Å². The third-order valence-electron chi connectivity index (χ3n) is 4.18. The van der Waals surface area contributed by atoms with E-state index >= 15 is 0 Å². The van der Waals surface area contributed by atoms with E-state index in [1.54, 1.807) is 18.2 Å². The van der Waals surface area contributed by atoms with Crippen molar-refractivity contribution in [3.05, 3.63) is 71.5 Å². The van der Waals surface area contributed by atoms with Crippen molar-refractivity contribution < 1.29 is 9.59 Å². The van der Waals surface area contributed by atoms with Gasteiger partial charge in [0.15, 0.2) is 0 Å².